The molecule has 0 aliphatic heterocycles. The van der Waals surface area contributed by atoms with E-state index in [9.17, 15) is 0 Å². The molecule has 0 heterocycles. The molecule has 0 aliphatic carbocycles. The molecule has 19 heavy (non-hydrogen) atoms. The van der Waals surface area contributed by atoms with Gasteiger partial charge in [-0.2, -0.15) is 0 Å². The molecule has 0 bridgehead atoms. The Balaban J connectivity index is 2.28. The minimum absolute atomic E-state index is 0.0640. The van der Waals surface area contributed by atoms with Gasteiger partial charge < -0.3 is 10.5 Å². The number of aryl methyl sites for hydroxylation is 2. The van der Waals surface area contributed by atoms with Crippen molar-refractivity contribution in [1.29, 1.82) is 5.41 Å². The molecule has 0 amide bonds. The van der Waals surface area contributed by atoms with Crippen molar-refractivity contribution in [2.75, 3.05) is 0 Å². The average molecular weight is 254 g/mol. The molecule has 0 unspecified atom stereocenters. The summed E-state index contributed by atoms with van der Waals surface area (Å²) in [5.74, 6) is 1.68. The van der Waals surface area contributed by atoms with E-state index in [4.69, 9.17) is 15.9 Å². The predicted molar refractivity (Wildman–Crippen MR) is 78.2 cm³/mol. The highest BCUT2D eigenvalue weighted by Gasteiger charge is 2.05. The minimum atomic E-state index is 0.0640. The fourth-order valence-corrected chi connectivity index (χ4v) is 1.94. The number of nitrogen functional groups attached to an aromatic ring is 1. The highest BCUT2D eigenvalue weighted by Crippen LogP contribution is 2.28. The molecule has 0 saturated carbocycles. The molecule has 0 fully saturated rings. The van der Waals surface area contributed by atoms with E-state index >= 15 is 0 Å². The van der Waals surface area contributed by atoms with Crippen molar-refractivity contribution < 1.29 is 4.74 Å². The summed E-state index contributed by atoms with van der Waals surface area (Å²) < 4.78 is 5.89. The van der Waals surface area contributed by atoms with Gasteiger partial charge in [-0.25, -0.2) is 0 Å². The van der Waals surface area contributed by atoms with Gasteiger partial charge >= 0.3 is 0 Å². The Morgan fingerprint density at radius 3 is 2.26 bits per heavy atom. The van der Waals surface area contributed by atoms with Crippen molar-refractivity contribution in [3.05, 3.63) is 58.7 Å². The molecule has 0 aromatic heterocycles. The third-order valence-electron chi connectivity index (χ3n) is 3.16. The number of ether oxygens (including phenoxy) is 1. The van der Waals surface area contributed by atoms with Crippen LogP contribution in [0.25, 0.3) is 0 Å². The molecule has 0 spiro atoms. The van der Waals surface area contributed by atoms with E-state index in [1.165, 1.54) is 11.1 Å². The highest BCUT2D eigenvalue weighted by molar-refractivity contribution is 5.94. The van der Waals surface area contributed by atoms with Gasteiger partial charge in [-0.15, -0.1) is 0 Å². The molecule has 0 saturated heterocycles. The van der Waals surface area contributed by atoms with Crippen molar-refractivity contribution >= 4 is 5.84 Å². The van der Waals surface area contributed by atoms with Crippen LogP contribution in [-0.4, -0.2) is 5.84 Å². The molecular weight excluding hydrogens is 236 g/mol. The maximum Gasteiger partial charge on any atom is 0.130 e. The number of rotatable bonds is 3. The number of benzene rings is 2. The largest absolute Gasteiger partial charge is 0.457 e. The van der Waals surface area contributed by atoms with Crippen LogP contribution in [0.15, 0.2) is 36.4 Å². The summed E-state index contributed by atoms with van der Waals surface area (Å²) >= 11 is 0. The molecule has 2 aromatic carbocycles. The second-order valence-corrected chi connectivity index (χ2v) is 4.75. The van der Waals surface area contributed by atoms with Gasteiger partial charge in [0.05, 0.1) is 0 Å². The van der Waals surface area contributed by atoms with E-state index in [1.807, 2.05) is 25.1 Å². The van der Waals surface area contributed by atoms with E-state index in [1.54, 1.807) is 12.1 Å². The van der Waals surface area contributed by atoms with Gasteiger partial charge in [-0.05, 0) is 67.8 Å². The lowest BCUT2D eigenvalue weighted by molar-refractivity contribution is 0.478. The highest BCUT2D eigenvalue weighted by atomic mass is 16.5. The van der Waals surface area contributed by atoms with Crippen LogP contribution in [-0.2, 0) is 0 Å². The number of nitrogens with two attached hydrogens (primary N) is 1. The van der Waals surface area contributed by atoms with E-state index in [0.29, 0.717) is 5.56 Å². The van der Waals surface area contributed by atoms with Gasteiger partial charge in [0.25, 0.3) is 0 Å². The van der Waals surface area contributed by atoms with Gasteiger partial charge in [0.2, 0.25) is 0 Å². The van der Waals surface area contributed by atoms with Gasteiger partial charge in [-0.3, -0.25) is 5.41 Å². The van der Waals surface area contributed by atoms with E-state index in [0.717, 1.165) is 17.1 Å². The normalized spacial score (nSPS) is 10.3. The Kier molecular flexibility index (Phi) is 3.56. The van der Waals surface area contributed by atoms with Crippen LogP contribution in [0.4, 0.5) is 0 Å². The molecule has 3 heteroatoms. The lowest BCUT2D eigenvalue weighted by Gasteiger charge is -2.12. The Morgan fingerprint density at radius 2 is 1.68 bits per heavy atom. The first-order chi connectivity index (χ1) is 8.97. The van der Waals surface area contributed by atoms with Crippen molar-refractivity contribution in [3.63, 3.8) is 0 Å². The van der Waals surface area contributed by atoms with Crippen LogP contribution in [0.2, 0.25) is 0 Å². The van der Waals surface area contributed by atoms with Crippen LogP contribution in [0.5, 0.6) is 11.5 Å². The van der Waals surface area contributed by atoms with Crippen molar-refractivity contribution in [2.24, 2.45) is 5.73 Å². The Morgan fingerprint density at radius 1 is 1.05 bits per heavy atom. The van der Waals surface area contributed by atoms with Crippen LogP contribution in [0.3, 0.4) is 0 Å². The van der Waals surface area contributed by atoms with Gasteiger partial charge in [0, 0.05) is 5.56 Å². The summed E-state index contributed by atoms with van der Waals surface area (Å²) in [5, 5.41) is 7.35. The van der Waals surface area contributed by atoms with Crippen LogP contribution >= 0.6 is 0 Å². The first kappa shape index (κ1) is 13.1. The van der Waals surface area contributed by atoms with Crippen LogP contribution in [0, 0.1) is 26.2 Å². The summed E-state index contributed by atoms with van der Waals surface area (Å²) in [6.07, 6.45) is 0. The molecule has 0 atom stereocenters. The van der Waals surface area contributed by atoms with Crippen molar-refractivity contribution in [1.82, 2.24) is 0 Å². The quantitative estimate of drug-likeness (QED) is 0.648. The third kappa shape index (κ3) is 2.94. The van der Waals surface area contributed by atoms with Gasteiger partial charge in [-0.1, -0.05) is 6.07 Å². The number of hydrogen-bond acceptors (Lipinski definition) is 2. The predicted octanol–water partition coefficient (Wildman–Crippen LogP) is 3.69. The lowest BCUT2D eigenvalue weighted by atomic mass is 10.1. The number of amidine groups is 1. The average Bonchev–Trinajstić information content (AvgIpc) is 2.36. The molecule has 3 N–H and O–H groups in total. The summed E-state index contributed by atoms with van der Waals surface area (Å²) in [6.45, 7) is 6.18. The maximum atomic E-state index is 7.35. The zero-order chi connectivity index (χ0) is 14.0. The first-order valence-electron chi connectivity index (χ1n) is 6.17. The summed E-state index contributed by atoms with van der Waals surface area (Å²) in [5.41, 5.74) is 9.66. The number of nitrogens with one attached hydrogen (secondary N) is 1. The second kappa shape index (κ2) is 5.14. The van der Waals surface area contributed by atoms with E-state index in [2.05, 4.69) is 19.9 Å². The summed E-state index contributed by atoms with van der Waals surface area (Å²) in [4.78, 5) is 0. The van der Waals surface area contributed by atoms with E-state index in [-0.39, 0.29) is 5.84 Å². The van der Waals surface area contributed by atoms with Crippen molar-refractivity contribution in [2.45, 2.75) is 20.8 Å². The molecule has 2 rings (SSSR count). The smallest absolute Gasteiger partial charge is 0.130 e. The fraction of sp³-hybridized carbons (Fsp3) is 0.188. The van der Waals surface area contributed by atoms with Gasteiger partial charge in [0.1, 0.15) is 17.3 Å². The standard InChI is InChI=1S/C16H18N2O/c1-10-8-11(2)12(3)15(9-10)19-14-6-4-13(5-7-14)16(17)18/h4-9H,1-3H3,(H3,17,18). The molecule has 0 aliphatic rings. The Labute approximate surface area is 113 Å². The minimum Gasteiger partial charge on any atom is -0.457 e. The molecular formula is C16H18N2O. The van der Waals surface area contributed by atoms with Crippen molar-refractivity contribution in [3.8, 4) is 11.5 Å². The molecule has 2 aromatic rings. The van der Waals surface area contributed by atoms with Crippen LogP contribution in [0.1, 0.15) is 22.3 Å². The number of hydrogen-bond donors (Lipinski definition) is 2. The second-order valence-electron chi connectivity index (χ2n) is 4.75. The maximum absolute atomic E-state index is 7.35. The molecule has 98 valence electrons. The lowest BCUT2D eigenvalue weighted by Crippen LogP contribution is -2.10. The van der Waals surface area contributed by atoms with Gasteiger partial charge in [0.15, 0.2) is 0 Å². The topological polar surface area (TPSA) is 59.1 Å². The van der Waals surface area contributed by atoms with Crippen LogP contribution < -0.4 is 10.5 Å². The van der Waals surface area contributed by atoms with E-state index < -0.39 is 0 Å². The molecule has 0 radical (unpaired) electrons. The monoisotopic (exact) mass is 254 g/mol. The zero-order valence-corrected chi connectivity index (χ0v) is 11.4. The molecule has 3 nitrogen and oxygen atoms in total. The fourth-order valence-electron chi connectivity index (χ4n) is 1.94. The first-order valence-corrected chi connectivity index (χ1v) is 6.17. The zero-order valence-electron chi connectivity index (χ0n) is 11.4. The Hall–Kier alpha value is -2.29. The Bertz CT molecular complexity index is 615. The summed E-state index contributed by atoms with van der Waals surface area (Å²) in [7, 11) is 0. The third-order valence-corrected chi connectivity index (χ3v) is 3.16. The SMILES string of the molecule is Cc1cc(C)c(C)c(Oc2ccc(C(=N)N)cc2)c1. The summed E-state index contributed by atoms with van der Waals surface area (Å²) in [6, 6.07) is 11.4.